The highest BCUT2D eigenvalue weighted by Crippen LogP contribution is 2.36. The summed E-state index contributed by atoms with van der Waals surface area (Å²) in [5, 5.41) is 22.7. The van der Waals surface area contributed by atoms with Gasteiger partial charge < -0.3 is 15.5 Å². The van der Waals surface area contributed by atoms with Crippen molar-refractivity contribution in [3.05, 3.63) is 35.4 Å². The molecule has 5 atom stereocenters. The van der Waals surface area contributed by atoms with Gasteiger partial charge in [-0.25, -0.2) is 0 Å². The van der Waals surface area contributed by atoms with Crippen molar-refractivity contribution in [3.8, 4) is 0 Å². The predicted molar refractivity (Wildman–Crippen MR) is 92.4 cm³/mol. The van der Waals surface area contributed by atoms with E-state index in [1.54, 1.807) is 0 Å². The summed E-state index contributed by atoms with van der Waals surface area (Å²) in [5.74, 6) is 0.819. The number of aliphatic hydroxyl groups is 2. The van der Waals surface area contributed by atoms with Crippen LogP contribution in [-0.2, 0) is 4.79 Å². The smallest absolute Gasteiger partial charge is 0.234 e. The van der Waals surface area contributed by atoms with Gasteiger partial charge in [0.25, 0.3) is 0 Å². The van der Waals surface area contributed by atoms with Crippen LogP contribution in [-0.4, -0.2) is 52.9 Å². The van der Waals surface area contributed by atoms with Crippen molar-refractivity contribution in [3.63, 3.8) is 0 Å². The minimum atomic E-state index is -0.610. The zero-order valence-corrected chi connectivity index (χ0v) is 14.5. The van der Waals surface area contributed by atoms with E-state index >= 15 is 0 Å². The van der Waals surface area contributed by atoms with Gasteiger partial charge >= 0.3 is 0 Å². The molecule has 132 valence electrons. The van der Waals surface area contributed by atoms with E-state index in [4.69, 9.17) is 0 Å². The number of likely N-dealkylation sites (tertiary alicyclic amines) is 1. The van der Waals surface area contributed by atoms with Crippen LogP contribution in [0.3, 0.4) is 0 Å². The largest absolute Gasteiger partial charge is 0.390 e. The van der Waals surface area contributed by atoms with Crippen molar-refractivity contribution in [2.45, 2.75) is 44.9 Å². The molecule has 1 aromatic carbocycles. The van der Waals surface area contributed by atoms with Crippen LogP contribution in [0.2, 0.25) is 0 Å². The standard InChI is InChI=1S/C19H28N2O3/c1-12-3-5-14(6-4-12)13(2)20-19(24)11-21-9-15-7-17(22)18(23)8-16(15)10-21/h3-6,13,15-18,22-23H,7-11H2,1-2H3,(H,20,24)/t13-,15-,16+,17-,18-/m0/s1. The molecule has 2 aliphatic rings. The molecule has 0 radical (unpaired) electrons. The van der Waals surface area contributed by atoms with Gasteiger partial charge in [0.1, 0.15) is 0 Å². The van der Waals surface area contributed by atoms with Gasteiger partial charge in [-0.1, -0.05) is 29.8 Å². The first-order chi connectivity index (χ1) is 11.4. The summed E-state index contributed by atoms with van der Waals surface area (Å²) in [7, 11) is 0. The second-order valence-electron chi connectivity index (χ2n) is 7.52. The maximum atomic E-state index is 12.3. The first-order valence-corrected chi connectivity index (χ1v) is 8.86. The molecular weight excluding hydrogens is 304 g/mol. The lowest BCUT2D eigenvalue weighted by Crippen LogP contribution is -2.38. The molecule has 3 rings (SSSR count). The molecule has 0 unspecified atom stereocenters. The van der Waals surface area contributed by atoms with Gasteiger partial charge in [0.2, 0.25) is 5.91 Å². The topological polar surface area (TPSA) is 72.8 Å². The highest BCUT2D eigenvalue weighted by molar-refractivity contribution is 5.78. The Bertz CT molecular complexity index is 556. The summed E-state index contributed by atoms with van der Waals surface area (Å²) in [6.07, 6.45) is 0.0659. The van der Waals surface area contributed by atoms with Crippen LogP contribution in [0.1, 0.15) is 36.9 Å². The molecule has 0 aromatic heterocycles. The molecule has 5 heteroatoms. The van der Waals surface area contributed by atoms with Crippen molar-refractivity contribution in [2.24, 2.45) is 11.8 Å². The Kier molecular flexibility index (Phi) is 5.23. The number of aliphatic hydroxyl groups excluding tert-OH is 2. The Labute approximate surface area is 143 Å². The molecule has 1 heterocycles. The number of amides is 1. The van der Waals surface area contributed by atoms with Gasteiger partial charge in [-0.15, -0.1) is 0 Å². The highest BCUT2D eigenvalue weighted by atomic mass is 16.3. The Balaban J connectivity index is 1.50. The average molecular weight is 332 g/mol. The van der Waals surface area contributed by atoms with E-state index in [2.05, 4.69) is 22.3 Å². The molecule has 1 aromatic rings. The molecule has 0 spiro atoms. The third kappa shape index (κ3) is 3.97. The Morgan fingerprint density at radius 2 is 1.71 bits per heavy atom. The zero-order chi connectivity index (χ0) is 17.3. The zero-order valence-electron chi connectivity index (χ0n) is 14.5. The summed E-state index contributed by atoms with van der Waals surface area (Å²) in [5.41, 5.74) is 2.32. The molecule has 1 saturated carbocycles. The second-order valence-corrected chi connectivity index (χ2v) is 7.52. The second kappa shape index (κ2) is 7.21. The first-order valence-electron chi connectivity index (χ1n) is 8.86. The number of hydrogen-bond acceptors (Lipinski definition) is 4. The van der Waals surface area contributed by atoms with Gasteiger partial charge in [0.15, 0.2) is 0 Å². The molecule has 1 amide bonds. The number of nitrogens with one attached hydrogen (secondary N) is 1. The van der Waals surface area contributed by atoms with Crippen LogP contribution >= 0.6 is 0 Å². The Hall–Kier alpha value is -1.43. The predicted octanol–water partition coefficient (Wildman–Crippen LogP) is 1.24. The van der Waals surface area contributed by atoms with Crippen LogP contribution in [0.5, 0.6) is 0 Å². The monoisotopic (exact) mass is 332 g/mol. The third-order valence-corrected chi connectivity index (χ3v) is 5.51. The number of benzene rings is 1. The van der Waals surface area contributed by atoms with Gasteiger partial charge in [-0.2, -0.15) is 0 Å². The Morgan fingerprint density at radius 3 is 2.25 bits per heavy atom. The molecule has 2 fully saturated rings. The number of nitrogens with zero attached hydrogens (tertiary/aromatic N) is 1. The molecular formula is C19H28N2O3. The maximum absolute atomic E-state index is 12.3. The summed E-state index contributed by atoms with van der Waals surface area (Å²) in [6, 6.07) is 8.20. The minimum absolute atomic E-state index is 0.00775. The van der Waals surface area contributed by atoms with E-state index in [1.807, 2.05) is 26.0 Å². The van der Waals surface area contributed by atoms with Gasteiger partial charge in [0, 0.05) is 13.1 Å². The van der Waals surface area contributed by atoms with E-state index in [0.29, 0.717) is 31.2 Å². The van der Waals surface area contributed by atoms with Crippen molar-refractivity contribution in [1.82, 2.24) is 10.2 Å². The number of carbonyl (C=O) groups is 1. The molecule has 1 saturated heterocycles. The van der Waals surface area contributed by atoms with Gasteiger partial charge in [0.05, 0.1) is 24.8 Å². The molecule has 3 N–H and O–H groups in total. The van der Waals surface area contributed by atoms with Crippen LogP contribution in [0.25, 0.3) is 0 Å². The molecule has 1 aliphatic heterocycles. The average Bonchev–Trinajstić information content (AvgIpc) is 2.89. The first kappa shape index (κ1) is 17.4. The summed E-state index contributed by atoms with van der Waals surface area (Å²) < 4.78 is 0. The van der Waals surface area contributed by atoms with Crippen molar-refractivity contribution in [2.75, 3.05) is 19.6 Å². The van der Waals surface area contributed by atoms with Crippen LogP contribution in [0.15, 0.2) is 24.3 Å². The van der Waals surface area contributed by atoms with E-state index in [-0.39, 0.29) is 11.9 Å². The van der Waals surface area contributed by atoms with Crippen molar-refractivity contribution < 1.29 is 15.0 Å². The summed E-state index contributed by atoms with van der Waals surface area (Å²) in [6.45, 7) is 6.10. The summed E-state index contributed by atoms with van der Waals surface area (Å²) >= 11 is 0. The van der Waals surface area contributed by atoms with E-state index in [1.165, 1.54) is 5.56 Å². The van der Waals surface area contributed by atoms with E-state index in [0.717, 1.165) is 18.7 Å². The lowest BCUT2D eigenvalue weighted by atomic mass is 9.79. The van der Waals surface area contributed by atoms with Crippen molar-refractivity contribution in [1.29, 1.82) is 0 Å². The lowest BCUT2D eigenvalue weighted by Gasteiger charge is -2.32. The van der Waals surface area contributed by atoms with Gasteiger partial charge in [-0.3, -0.25) is 9.69 Å². The lowest BCUT2D eigenvalue weighted by molar-refractivity contribution is -0.122. The molecule has 1 aliphatic carbocycles. The number of fused-ring (bicyclic) bond motifs is 1. The highest BCUT2D eigenvalue weighted by Gasteiger charge is 2.41. The minimum Gasteiger partial charge on any atom is -0.390 e. The molecule has 24 heavy (non-hydrogen) atoms. The molecule has 5 nitrogen and oxygen atoms in total. The summed E-state index contributed by atoms with van der Waals surface area (Å²) in [4.78, 5) is 14.5. The quantitative estimate of drug-likeness (QED) is 0.776. The van der Waals surface area contributed by atoms with E-state index < -0.39 is 12.2 Å². The maximum Gasteiger partial charge on any atom is 0.234 e. The fourth-order valence-corrected chi connectivity index (χ4v) is 4.06. The van der Waals surface area contributed by atoms with E-state index in [9.17, 15) is 15.0 Å². The third-order valence-electron chi connectivity index (χ3n) is 5.51. The number of carbonyl (C=O) groups excluding carboxylic acids is 1. The van der Waals surface area contributed by atoms with Crippen molar-refractivity contribution >= 4 is 5.91 Å². The molecule has 0 bridgehead atoms. The normalized spacial score (nSPS) is 31.5. The van der Waals surface area contributed by atoms with Crippen LogP contribution < -0.4 is 5.32 Å². The number of rotatable bonds is 4. The fourth-order valence-electron chi connectivity index (χ4n) is 4.06. The van der Waals surface area contributed by atoms with Gasteiger partial charge in [-0.05, 0) is 44.1 Å². The SMILES string of the molecule is Cc1ccc([C@H](C)NC(=O)CN2C[C@H]3C[C@H](O)[C@@H](O)C[C@H]3C2)cc1. The number of aryl methyl sites for hydroxylation is 1. The fraction of sp³-hybridized carbons (Fsp3) is 0.632. The number of hydrogen-bond donors (Lipinski definition) is 3. The Morgan fingerprint density at radius 1 is 1.17 bits per heavy atom. The van der Waals surface area contributed by atoms with Crippen LogP contribution in [0.4, 0.5) is 0 Å². The van der Waals surface area contributed by atoms with Crippen LogP contribution in [0, 0.1) is 18.8 Å².